The number of anilines is 1. The number of nitrogens with two attached hydrogens (primary N) is 1. The number of rotatable bonds is 11. The third-order valence-corrected chi connectivity index (χ3v) is 10.9. The van der Waals surface area contributed by atoms with E-state index in [1.807, 2.05) is 33.3 Å². The molecule has 3 saturated carbocycles. The maximum absolute atomic E-state index is 14.1. The molecule has 8 atom stereocenters. The van der Waals surface area contributed by atoms with Crippen LogP contribution in [0.25, 0.3) is 11.1 Å². The average molecular weight is 608 g/mol. The van der Waals surface area contributed by atoms with Gasteiger partial charge in [0.2, 0.25) is 5.91 Å². The van der Waals surface area contributed by atoms with Crippen LogP contribution in [-0.2, 0) is 22.7 Å². The van der Waals surface area contributed by atoms with Crippen molar-refractivity contribution in [1.29, 1.82) is 0 Å². The minimum atomic E-state index is -0.770. The topological polar surface area (TPSA) is 112 Å². The third kappa shape index (κ3) is 5.97. The molecule has 242 valence electrons. The van der Waals surface area contributed by atoms with Gasteiger partial charge in [0.15, 0.2) is 0 Å². The summed E-state index contributed by atoms with van der Waals surface area (Å²) in [5.41, 5.74) is 11.7. The summed E-state index contributed by atoms with van der Waals surface area (Å²) < 4.78 is 6.05. The van der Waals surface area contributed by atoms with E-state index in [0.29, 0.717) is 29.7 Å². The number of hydrogen-bond acceptors (Lipinski definition) is 8. The molecule has 0 aromatic heterocycles. The van der Waals surface area contributed by atoms with Crippen molar-refractivity contribution in [1.82, 2.24) is 15.7 Å². The van der Waals surface area contributed by atoms with Gasteiger partial charge in [0.1, 0.15) is 11.8 Å². The van der Waals surface area contributed by atoms with Gasteiger partial charge in [-0.2, -0.15) is 5.06 Å². The van der Waals surface area contributed by atoms with Crippen LogP contribution in [-0.4, -0.2) is 75.2 Å². The summed E-state index contributed by atoms with van der Waals surface area (Å²) in [5.74, 6) is 1.80. The molecule has 1 unspecified atom stereocenters. The van der Waals surface area contributed by atoms with Gasteiger partial charge in [-0.3, -0.25) is 9.63 Å². The van der Waals surface area contributed by atoms with Crippen LogP contribution in [0, 0.1) is 29.1 Å². The highest BCUT2D eigenvalue weighted by Gasteiger charge is 2.57. The maximum Gasteiger partial charge on any atom is 0.240 e. The van der Waals surface area contributed by atoms with Crippen molar-refractivity contribution in [2.24, 2.45) is 34.8 Å². The van der Waals surface area contributed by atoms with E-state index in [9.17, 15) is 9.90 Å². The number of hydrogen-bond donors (Lipinski definition) is 4. The molecule has 2 bridgehead atoms. The standard InChI is InChI=1S/C35H53N5O4/c1-20-28-15-25(35(28,3)4)16-29(20)38-34(42)32-31(21(2)41)30(17-36)44-40(32)19-23-10-9-11-27(33(23)43-8)24-12-22(18-37-5)13-26(14-24)39(6)7/h9-14,20-21,25,28-32,37,41H,15-19,36H2,1-8H3,(H,38,42)/t20-,21-,25-,28+,29?,30-,31+,32-/m0/s1. The Balaban J connectivity index is 1.45. The minimum absolute atomic E-state index is 0.103. The quantitative estimate of drug-likeness (QED) is 0.306. The van der Waals surface area contributed by atoms with E-state index in [2.05, 4.69) is 60.6 Å². The molecule has 2 aromatic carbocycles. The maximum atomic E-state index is 14.1. The summed E-state index contributed by atoms with van der Waals surface area (Å²) in [5, 5.41) is 19.3. The lowest BCUT2D eigenvalue weighted by molar-refractivity contribution is -0.175. The number of benzene rings is 2. The van der Waals surface area contributed by atoms with Gasteiger partial charge in [-0.15, -0.1) is 0 Å². The van der Waals surface area contributed by atoms with E-state index in [1.54, 1.807) is 19.1 Å². The van der Waals surface area contributed by atoms with E-state index in [1.165, 1.54) is 12.0 Å². The molecule has 1 aliphatic heterocycles. The molecule has 4 aliphatic rings. The zero-order valence-corrected chi connectivity index (χ0v) is 27.8. The summed E-state index contributed by atoms with van der Waals surface area (Å²) in [6.07, 6.45) is 0.987. The van der Waals surface area contributed by atoms with Crippen LogP contribution in [0.3, 0.4) is 0 Å². The number of carbonyl (C=O) groups is 1. The highest BCUT2D eigenvalue weighted by atomic mass is 16.7. The fourth-order valence-electron chi connectivity index (χ4n) is 8.27. The average Bonchev–Trinajstić information content (AvgIpc) is 3.36. The van der Waals surface area contributed by atoms with Crippen molar-refractivity contribution < 1.29 is 19.5 Å². The van der Waals surface area contributed by atoms with Crippen molar-refractivity contribution in [2.45, 2.75) is 77.9 Å². The molecule has 1 amide bonds. The van der Waals surface area contributed by atoms with Gasteiger partial charge in [0.25, 0.3) is 0 Å². The first-order chi connectivity index (χ1) is 20.9. The van der Waals surface area contributed by atoms with E-state index in [4.69, 9.17) is 15.3 Å². The first-order valence-electron chi connectivity index (χ1n) is 16.1. The van der Waals surface area contributed by atoms with Crippen molar-refractivity contribution in [2.75, 3.05) is 39.7 Å². The largest absolute Gasteiger partial charge is 0.496 e. The minimum Gasteiger partial charge on any atom is -0.496 e. The molecule has 3 aliphatic carbocycles. The SMILES string of the molecule is CNCc1cc(-c2cccc(CN3O[C@@H](CN)[C@@H]([C@H](C)O)[C@H]3C(=O)NC3C[C@@H]4C[C@H]([C@@H]3C)C4(C)C)c2OC)cc(N(C)C)c1. The van der Waals surface area contributed by atoms with Gasteiger partial charge >= 0.3 is 0 Å². The van der Waals surface area contributed by atoms with Crippen LogP contribution in [0.4, 0.5) is 5.69 Å². The molecule has 0 spiro atoms. The van der Waals surface area contributed by atoms with Crippen LogP contribution < -0.4 is 26.0 Å². The molecule has 6 rings (SSSR count). The van der Waals surface area contributed by atoms with Gasteiger partial charge < -0.3 is 31.1 Å². The molecule has 9 heteroatoms. The number of aliphatic hydroxyl groups excluding tert-OH is 1. The van der Waals surface area contributed by atoms with Crippen LogP contribution in [0.1, 0.15) is 51.7 Å². The van der Waals surface area contributed by atoms with E-state index in [0.717, 1.165) is 41.1 Å². The van der Waals surface area contributed by atoms with Crippen LogP contribution in [0.2, 0.25) is 0 Å². The van der Waals surface area contributed by atoms with Gasteiger partial charge in [-0.1, -0.05) is 39.0 Å². The second-order valence-corrected chi connectivity index (χ2v) is 14.1. The molecule has 44 heavy (non-hydrogen) atoms. The number of fused-ring (bicyclic) bond motifs is 2. The molecule has 1 heterocycles. The van der Waals surface area contributed by atoms with Crippen LogP contribution in [0.5, 0.6) is 5.75 Å². The summed E-state index contributed by atoms with van der Waals surface area (Å²) in [7, 11) is 7.70. The number of amides is 1. The summed E-state index contributed by atoms with van der Waals surface area (Å²) >= 11 is 0. The lowest BCUT2D eigenvalue weighted by atomic mass is 9.45. The smallest absolute Gasteiger partial charge is 0.240 e. The zero-order chi connectivity index (χ0) is 31.9. The molecule has 9 nitrogen and oxygen atoms in total. The fraction of sp³-hybridized carbons (Fsp3) is 0.629. The molecule has 5 N–H and O–H groups in total. The summed E-state index contributed by atoms with van der Waals surface area (Å²) in [6, 6.07) is 12.0. The number of hydroxylamine groups is 2. The highest BCUT2D eigenvalue weighted by Crippen LogP contribution is 2.61. The molecular weight excluding hydrogens is 554 g/mol. The number of nitrogens with one attached hydrogen (secondary N) is 2. The second kappa shape index (κ2) is 13.0. The van der Waals surface area contributed by atoms with Gasteiger partial charge in [0.05, 0.1) is 25.9 Å². The van der Waals surface area contributed by atoms with Crippen molar-refractivity contribution in [3.63, 3.8) is 0 Å². The van der Waals surface area contributed by atoms with Gasteiger partial charge in [0, 0.05) is 56.0 Å². The predicted octanol–water partition coefficient (Wildman–Crippen LogP) is 3.77. The van der Waals surface area contributed by atoms with E-state index in [-0.39, 0.29) is 18.5 Å². The molecular formula is C35H53N5O4. The first kappa shape index (κ1) is 32.7. The Morgan fingerprint density at radius 2 is 2.00 bits per heavy atom. The van der Waals surface area contributed by atoms with Crippen LogP contribution >= 0.6 is 0 Å². The Morgan fingerprint density at radius 1 is 1.25 bits per heavy atom. The Bertz CT molecular complexity index is 1330. The Labute approximate surface area is 263 Å². The lowest BCUT2D eigenvalue weighted by Gasteiger charge is -2.62. The Kier molecular flexibility index (Phi) is 9.64. The van der Waals surface area contributed by atoms with E-state index < -0.39 is 24.2 Å². The normalized spacial score (nSPS) is 30.0. The Hall–Kier alpha value is -2.69. The lowest BCUT2D eigenvalue weighted by Crippen LogP contribution is -2.62. The molecule has 0 radical (unpaired) electrons. The summed E-state index contributed by atoms with van der Waals surface area (Å²) in [4.78, 5) is 22.6. The Morgan fingerprint density at radius 3 is 2.59 bits per heavy atom. The van der Waals surface area contributed by atoms with Gasteiger partial charge in [-0.25, -0.2) is 0 Å². The number of carbonyl (C=O) groups excluding carboxylic acids is 1. The van der Waals surface area contributed by atoms with E-state index >= 15 is 0 Å². The number of para-hydroxylation sites is 1. The molecule has 2 aromatic rings. The first-order valence-corrected chi connectivity index (χ1v) is 16.1. The van der Waals surface area contributed by atoms with Gasteiger partial charge in [-0.05, 0) is 79.3 Å². The van der Waals surface area contributed by atoms with Crippen LogP contribution in [0.15, 0.2) is 36.4 Å². The van der Waals surface area contributed by atoms with Crippen molar-refractivity contribution in [3.05, 3.63) is 47.5 Å². The fourth-order valence-corrected chi connectivity index (χ4v) is 8.27. The second-order valence-electron chi connectivity index (χ2n) is 14.1. The van der Waals surface area contributed by atoms with Crippen molar-refractivity contribution >= 4 is 11.6 Å². The molecule has 1 saturated heterocycles. The zero-order valence-electron chi connectivity index (χ0n) is 27.8. The highest BCUT2D eigenvalue weighted by molar-refractivity contribution is 5.83. The van der Waals surface area contributed by atoms with Crippen molar-refractivity contribution in [3.8, 4) is 16.9 Å². The number of aliphatic hydroxyl groups is 1. The molecule has 4 fully saturated rings. The predicted molar refractivity (Wildman–Crippen MR) is 175 cm³/mol. The number of nitrogens with zero attached hydrogens (tertiary/aromatic N) is 2. The summed E-state index contributed by atoms with van der Waals surface area (Å²) in [6.45, 7) is 9.98. The number of methoxy groups -OCH3 is 1. The third-order valence-electron chi connectivity index (χ3n) is 10.9. The monoisotopic (exact) mass is 607 g/mol. The number of ether oxygens (including phenoxy) is 1.